The standard InChI is InChI=1S/C12H22N2O/c1-5-10(4)6-11-7-14-12(15-11)8-13-9(2)3/h7,9-10,13H,5-6,8H2,1-4H3. The first kappa shape index (κ1) is 12.2. The number of hydrogen-bond acceptors (Lipinski definition) is 3. The van der Waals surface area contributed by atoms with Crippen LogP contribution in [-0.2, 0) is 13.0 Å². The number of nitrogens with zero attached hydrogens (tertiary/aromatic N) is 1. The predicted molar refractivity (Wildman–Crippen MR) is 61.6 cm³/mol. The lowest BCUT2D eigenvalue weighted by Gasteiger charge is -2.05. The van der Waals surface area contributed by atoms with Gasteiger partial charge in [-0.3, -0.25) is 0 Å². The summed E-state index contributed by atoms with van der Waals surface area (Å²) >= 11 is 0. The monoisotopic (exact) mass is 210 g/mol. The molecule has 0 spiro atoms. The van der Waals surface area contributed by atoms with E-state index in [2.05, 4.69) is 38.0 Å². The van der Waals surface area contributed by atoms with Crippen LogP contribution < -0.4 is 5.32 Å². The maximum atomic E-state index is 5.63. The molecule has 0 saturated carbocycles. The van der Waals surface area contributed by atoms with Crippen molar-refractivity contribution in [3.8, 4) is 0 Å². The highest BCUT2D eigenvalue weighted by molar-refractivity contribution is 4.95. The Morgan fingerprint density at radius 1 is 1.40 bits per heavy atom. The Bertz CT molecular complexity index is 281. The molecule has 0 aliphatic heterocycles. The number of oxazole rings is 1. The first-order valence-corrected chi connectivity index (χ1v) is 5.78. The zero-order valence-electron chi connectivity index (χ0n) is 10.2. The molecule has 0 bridgehead atoms. The molecule has 15 heavy (non-hydrogen) atoms. The van der Waals surface area contributed by atoms with E-state index in [9.17, 15) is 0 Å². The topological polar surface area (TPSA) is 38.1 Å². The fourth-order valence-electron chi connectivity index (χ4n) is 1.30. The van der Waals surface area contributed by atoms with Gasteiger partial charge in [0, 0.05) is 12.5 Å². The first-order chi connectivity index (χ1) is 7.11. The predicted octanol–water partition coefficient (Wildman–Crippen LogP) is 2.76. The van der Waals surface area contributed by atoms with Gasteiger partial charge in [0.05, 0.1) is 12.7 Å². The van der Waals surface area contributed by atoms with Crippen LogP contribution in [0.5, 0.6) is 0 Å². The van der Waals surface area contributed by atoms with Crippen LogP contribution in [0.2, 0.25) is 0 Å². The van der Waals surface area contributed by atoms with Gasteiger partial charge in [-0.05, 0) is 5.92 Å². The van der Waals surface area contributed by atoms with E-state index >= 15 is 0 Å². The maximum absolute atomic E-state index is 5.63. The van der Waals surface area contributed by atoms with Gasteiger partial charge in [-0.2, -0.15) is 0 Å². The fraction of sp³-hybridized carbons (Fsp3) is 0.750. The minimum atomic E-state index is 0.468. The van der Waals surface area contributed by atoms with Gasteiger partial charge >= 0.3 is 0 Å². The molecule has 0 aliphatic carbocycles. The van der Waals surface area contributed by atoms with Crippen molar-refractivity contribution in [1.29, 1.82) is 0 Å². The minimum Gasteiger partial charge on any atom is -0.444 e. The molecule has 0 radical (unpaired) electrons. The summed E-state index contributed by atoms with van der Waals surface area (Å²) in [7, 11) is 0. The third-order valence-electron chi connectivity index (χ3n) is 2.51. The maximum Gasteiger partial charge on any atom is 0.208 e. The summed E-state index contributed by atoms with van der Waals surface area (Å²) in [6.07, 6.45) is 4.02. The smallest absolute Gasteiger partial charge is 0.208 e. The van der Waals surface area contributed by atoms with Gasteiger partial charge < -0.3 is 9.73 Å². The van der Waals surface area contributed by atoms with Crippen LogP contribution in [0.3, 0.4) is 0 Å². The lowest BCUT2D eigenvalue weighted by atomic mass is 10.0. The number of aromatic nitrogens is 1. The third kappa shape index (κ3) is 4.47. The Morgan fingerprint density at radius 3 is 2.73 bits per heavy atom. The summed E-state index contributed by atoms with van der Waals surface area (Å²) in [5.74, 6) is 2.47. The summed E-state index contributed by atoms with van der Waals surface area (Å²) in [5, 5.41) is 3.29. The van der Waals surface area contributed by atoms with Crippen molar-refractivity contribution in [3.05, 3.63) is 17.8 Å². The Morgan fingerprint density at radius 2 is 2.13 bits per heavy atom. The summed E-state index contributed by atoms with van der Waals surface area (Å²) in [4.78, 5) is 4.25. The van der Waals surface area contributed by atoms with Crippen molar-refractivity contribution < 1.29 is 4.42 Å². The van der Waals surface area contributed by atoms with E-state index in [0.717, 1.165) is 24.6 Å². The molecule has 0 aliphatic rings. The molecule has 3 heteroatoms. The van der Waals surface area contributed by atoms with Crippen molar-refractivity contribution >= 4 is 0 Å². The van der Waals surface area contributed by atoms with Crippen molar-refractivity contribution in [2.45, 2.75) is 53.1 Å². The molecule has 86 valence electrons. The van der Waals surface area contributed by atoms with Gasteiger partial charge in [0.2, 0.25) is 5.89 Å². The van der Waals surface area contributed by atoms with Crippen molar-refractivity contribution in [2.75, 3.05) is 0 Å². The van der Waals surface area contributed by atoms with Crippen LogP contribution in [-0.4, -0.2) is 11.0 Å². The van der Waals surface area contributed by atoms with Crippen LogP contribution in [0.25, 0.3) is 0 Å². The largest absolute Gasteiger partial charge is 0.444 e. The zero-order chi connectivity index (χ0) is 11.3. The van der Waals surface area contributed by atoms with Gasteiger partial charge in [-0.15, -0.1) is 0 Å². The van der Waals surface area contributed by atoms with Crippen molar-refractivity contribution in [3.63, 3.8) is 0 Å². The van der Waals surface area contributed by atoms with E-state index in [4.69, 9.17) is 4.42 Å². The Balaban J connectivity index is 2.42. The minimum absolute atomic E-state index is 0.468. The Kier molecular flexibility index (Phi) is 4.82. The molecule has 1 atom stereocenters. The van der Waals surface area contributed by atoms with Gasteiger partial charge in [0.15, 0.2) is 0 Å². The van der Waals surface area contributed by atoms with Crippen LogP contribution >= 0.6 is 0 Å². The summed E-state index contributed by atoms with van der Waals surface area (Å²) in [5.41, 5.74) is 0. The Labute approximate surface area is 92.3 Å². The van der Waals surface area contributed by atoms with Crippen LogP contribution in [0, 0.1) is 5.92 Å². The summed E-state index contributed by atoms with van der Waals surface area (Å²) in [6, 6.07) is 0.468. The van der Waals surface area contributed by atoms with Crippen LogP contribution in [0.1, 0.15) is 45.8 Å². The normalized spacial score (nSPS) is 13.4. The second-order valence-corrected chi connectivity index (χ2v) is 4.47. The molecule has 1 aromatic rings. The molecule has 1 unspecified atom stereocenters. The lowest BCUT2D eigenvalue weighted by Crippen LogP contribution is -2.21. The average molecular weight is 210 g/mol. The van der Waals surface area contributed by atoms with E-state index in [0.29, 0.717) is 12.0 Å². The first-order valence-electron chi connectivity index (χ1n) is 5.78. The molecule has 0 aromatic carbocycles. The SMILES string of the molecule is CCC(C)Cc1cnc(CNC(C)C)o1. The fourth-order valence-corrected chi connectivity index (χ4v) is 1.30. The lowest BCUT2D eigenvalue weighted by molar-refractivity contribution is 0.400. The van der Waals surface area contributed by atoms with Gasteiger partial charge in [0.25, 0.3) is 0 Å². The van der Waals surface area contributed by atoms with Gasteiger partial charge in [-0.25, -0.2) is 4.98 Å². The van der Waals surface area contributed by atoms with E-state index in [-0.39, 0.29) is 0 Å². The molecule has 0 amide bonds. The van der Waals surface area contributed by atoms with E-state index in [1.165, 1.54) is 6.42 Å². The molecular formula is C12H22N2O. The van der Waals surface area contributed by atoms with Crippen molar-refractivity contribution in [1.82, 2.24) is 10.3 Å². The van der Waals surface area contributed by atoms with E-state index in [1.54, 1.807) is 0 Å². The molecular weight excluding hydrogens is 188 g/mol. The number of nitrogens with one attached hydrogen (secondary N) is 1. The average Bonchev–Trinajstić information content (AvgIpc) is 2.62. The van der Waals surface area contributed by atoms with Gasteiger partial charge in [-0.1, -0.05) is 34.1 Å². The molecule has 0 fully saturated rings. The molecule has 1 rings (SSSR count). The molecule has 3 nitrogen and oxygen atoms in total. The summed E-state index contributed by atoms with van der Waals surface area (Å²) < 4.78 is 5.63. The van der Waals surface area contributed by atoms with E-state index in [1.807, 2.05) is 6.20 Å². The van der Waals surface area contributed by atoms with Crippen LogP contribution in [0.4, 0.5) is 0 Å². The quantitative estimate of drug-likeness (QED) is 0.784. The van der Waals surface area contributed by atoms with Crippen molar-refractivity contribution in [2.24, 2.45) is 5.92 Å². The molecule has 1 N–H and O–H groups in total. The van der Waals surface area contributed by atoms with Crippen LogP contribution in [0.15, 0.2) is 10.6 Å². The third-order valence-corrected chi connectivity index (χ3v) is 2.51. The highest BCUT2D eigenvalue weighted by Crippen LogP contribution is 2.12. The zero-order valence-corrected chi connectivity index (χ0v) is 10.2. The van der Waals surface area contributed by atoms with E-state index < -0.39 is 0 Å². The number of hydrogen-bond donors (Lipinski definition) is 1. The highest BCUT2D eigenvalue weighted by atomic mass is 16.4. The second-order valence-electron chi connectivity index (χ2n) is 4.47. The molecule has 0 saturated heterocycles. The summed E-state index contributed by atoms with van der Waals surface area (Å²) in [6.45, 7) is 9.38. The van der Waals surface area contributed by atoms with Gasteiger partial charge in [0.1, 0.15) is 5.76 Å². The number of rotatable bonds is 6. The molecule has 1 aromatic heterocycles. The highest BCUT2D eigenvalue weighted by Gasteiger charge is 2.07. The Hall–Kier alpha value is -0.830. The second kappa shape index (κ2) is 5.91. The molecule has 1 heterocycles.